The molecule has 0 atom stereocenters. The number of hydrogen-bond acceptors (Lipinski definition) is 5. The molecule has 2 aromatic heterocycles. The molecule has 0 aromatic carbocycles. The van der Waals surface area contributed by atoms with E-state index in [4.69, 9.17) is 0 Å². The number of nitrogens with one attached hydrogen (secondary N) is 1. The monoisotopic (exact) mass is 353 g/mol. The first-order valence-corrected chi connectivity index (χ1v) is 8.82. The van der Waals surface area contributed by atoms with Gasteiger partial charge >= 0.3 is 0 Å². The van der Waals surface area contributed by atoms with Crippen LogP contribution in [0.1, 0.15) is 33.3 Å². The fourth-order valence-corrected chi connectivity index (χ4v) is 2.91. The molecule has 1 aliphatic rings. The topological polar surface area (TPSA) is 78.4 Å². The summed E-state index contributed by atoms with van der Waals surface area (Å²) in [6.07, 6.45) is 4.90. The number of rotatable bonds is 5. The van der Waals surface area contributed by atoms with Gasteiger partial charge in [-0.05, 0) is 30.3 Å². The lowest BCUT2D eigenvalue weighted by molar-refractivity contribution is 0.0637. The molecule has 0 saturated carbocycles. The molecule has 1 saturated heterocycles. The SMILES string of the molecule is CCN1CCN(C(=O)c2cc(C(=O)NCc3cccnc3)ccn2)CC1. The van der Waals surface area contributed by atoms with Crippen LogP contribution >= 0.6 is 0 Å². The van der Waals surface area contributed by atoms with Gasteiger partial charge in [-0.2, -0.15) is 0 Å². The molecular formula is C19H23N5O2. The molecule has 0 bridgehead atoms. The van der Waals surface area contributed by atoms with Gasteiger partial charge in [0, 0.05) is 56.9 Å². The number of pyridine rings is 2. The summed E-state index contributed by atoms with van der Waals surface area (Å²) in [7, 11) is 0. The van der Waals surface area contributed by atoms with Gasteiger partial charge in [-0.3, -0.25) is 19.6 Å². The molecule has 1 fully saturated rings. The van der Waals surface area contributed by atoms with E-state index >= 15 is 0 Å². The van der Waals surface area contributed by atoms with Crippen molar-refractivity contribution in [2.24, 2.45) is 0 Å². The van der Waals surface area contributed by atoms with Gasteiger partial charge in [0.2, 0.25) is 0 Å². The number of aromatic nitrogens is 2. The third kappa shape index (κ3) is 4.43. The summed E-state index contributed by atoms with van der Waals surface area (Å²) >= 11 is 0. The van der Waals surface area contributed by atoms with Crippen LogP contribution < -0.4 is 5.32 Å². The molecule has 1 aliphatic heterocycles. The fourth-order valence-electron chi connectivity index (χ4n) is 2.91. The van der Waals surface area contributed by atoms with Crippen molar-refractivity contribution in [3.05, 3.63) is 59.7 Å². The summed E-state index contributed by atoms with van der Waals surface area (Å²) in [6.45, 7) is 6.61. The molecule has 1 N–H and O–H groups in total. The van der Waals surface area contributed by atoms with Crippen LogP contribution in [0.15, 0.2) is 42.9 Å². The summed E-state index contributed by atoms with van der Waals surface area (Å²) in [5.74, 6) is -0.358. The zero-order valence-electron chi connectivity index (χ0n) is 14.9. The van der Waals surface area contributed by atoms with Gasteiger partial charge in [0.15, 0.2) is 0 Å². The standard InChI is InChI=1S/C19H23N5O2/c1-2-23-8-10-24(11-9-23)19(26)17-12-16(5-7-21-17)18(25)22-14-15-4-3-6-20-13-15/h3-7,12-13H,2,8-11,14H2,1H3,(H,22,25). The number of hydrogen-bond donors (Lipinski definition) is 1. The minimum Gasteiger partial charge on any atom is -0.348 e. The second-order valence-electron chi connectivity index (χ2n) is 6.20. The third-order valence-corrected chi connectivity index (χ3v) is 4.52. The highest BCUT2D eigenvalue weighted by atomic mass is 16.2. The minimum absolute atomic E-state index is 0.123. The Morgan fingerprint density at radius 3 is 2.65 bits per heavy atom. The lowest BCUT2D eigenvalue weighted by atomic mass is 10.2. The first-order valence-electron chi connectivity index (χ1n) is 8.82. The second kappa shape index (κ2) is 8.53. The molecule has 26 heavy (non-hydrogen) atoms. The first kappa shape index (κ1) is 18.0. The summed E-state index contributed by atoms with van der Waals surface area (Å²) in [5, 5.41) is 2.84. The molecule has 0 spiro atoms. The molecule has 0 unspecified atom stereocenters. The Labute approximate surface area is 153 Å². The molecule has 2 amide bonds. The first-order chi connectivity index (χ1) is 12.7. The Bertz CT molecular complexity index is 758. The van der Waals surface area contributed by atoms with Crippen molar-refractivity contribution in [1.29, 1.82) is 0 Å². The van der Waals surface area contributed by atoms with Crippen LogP contribution in [0.3, 0.4) is 0 Å². The number of carbonyl (C=O) groups excluding carboxylic acids is 2. The highest BCUT2D eigenvalue weighted by Crippen LogP contribution is 2.09. The van der Waals surface area contributed by atoms with Crippen LogP contribution in [-0.4, -0.2) is 64.3 Å². The zero-order chi connectivity index (χ0) is 18.4. The molecule has 3 rings (SSSR count). The maximum absolute atomic E-state index is 12.7. The summed E-state index contributed by atoms with van der Waals surface area (Å²) in [6, 6.07) is 6.89. The Hall–Kier alpha value is -2.80. The summed E-state index contributed by atoms with van der Waals surface area (Å²) in [4.78, 5) is 37.3. The van der Waals surface area contributed by atoms with Gasteiger partial charge in [-0.25, -0.2) is 0 Å². The molecule has 2 aromatic rings. The van der Waals surface area contributed by atoms with Crippen molar-refractivity contribution in [1.82, 2.24) is 25.1 Å². The van der Waals surface area contributed by atoms with E-state index in [1.54, 1.807) is 29.4 Å². The zero-order valence-corrected chi connectivity index (χ0v) is 14.9. The van der Waals surface area contributed by atoms with Crippen LogP contribution in [0.25, 0.3) is 0 Å². The molecule has 7 heteroatoms. The smallest absolute Gasteiger partial charge is 0.272 e. The maximum Gasteiger partial charge on any atom is 0.272 e. The Morgan fingerprint density at radius 1 is 1.15 bits per heavy atom. The van der Waals surface area contributed by atoms with E-state index in [1.165, 1.54) is 6.20 Å². The van der Waals surface area contributed by atoms with Gasteiger partial charge in [0.25, 0.3) is 11.8 Å². The fraction of sp³-hybridized carbons (Fsp3) is 0.368. The average Bonchev–Trinajstić information content (AvgIpc) is 2.72. The molecule has 0 aliphatic carbocycles. The molecule has 136 valence electrons. The van der Waals surface area contributed by atoms with Gasteiger partial charge in [-0.1, -0.05) is 13.0 Å². The highest BCUT2D eigenvalue weighted by Gasteiger charge is 2.22. The number of amides is 2. The van der Waals surface area contributed by atoms with Gasteiger partial charge in [0.05, 0.1) is 0 Å². The van der Waals surface area contributed by atoms with E-state index in [0.717, 1.165) is 25.2 Å². The third-order valence-electron chi connectivity index (χ3n) is 4.52. The van der Waals surface area contributed by atoms with E-state index in [0.29, 0.717) is 30.9 Å². The van der Waals surface area contributed by atoms with E-state index in [9.17, 15) is 9.59 Å². The minimum atomic E-state index is -0.235. The number of carbonyl (C=O) groups is 2. The van der Waals surface area contributed by atoms with Crippen molar-refractivity contribution in [2.75, 3.05) is 32.7 Å². The Balaban J connectivity index is 1.62. The lowest BCUT2D eigenvalue weighted by Gasteiger charge is -2.33. The van der Waals surface area contributed by atoms with E-state index in [2.05, 4.69) is 27.1 Å². The number of nitrogens with zero attached hydrogens (tertiary/aromatic N) is 4. The van der Waals surface area contributed by atoms with Crippen LogP contribution in [0.2, 0.25) is 0 Å². The van der Waals surface area contributed by atoms with Crippen molar-refractivity contribution < 1.29 is 9.59 Å². The van der Waals surface area contributed by atoms with Crippen LogP contribution in [-0.2, 0) is 6.54 Å². The maximum atomic E-state index is 12.7. The van der Waals surface area contributed by atoms with E-state index in [1.807, 2.05) is 12.1 Å². The van der Waals surface area contributed by atoms with Gasteiger partial charge in [0.1, 0.15) is 5.69 Å². The van der Waals surface area contributed by atoms with Crippen LogP contribution in [0.4, 0.5) is 0 Å². The van der Waals surface area contributed by atoms with Crippen molar-refractivity contribution >= 4 is 11.8 Å². The Kier molecular flexibility index (Phi) is 5.91. The van der Waals surface area contributed by atoms with Crippen molar-refractivity contribution in [3.8, 4) is 0 Å². The van der Waals surface area contributed by atoms with Crippen LogP contribution in [0.5, 0.6) is 0 Å². The molecule has 3 heterocycles. The van der Waals surface area contributed by atoms with Crippen molar-refractivity contribution in [3.63, 3.8) is 0 Å². The van der Waals surface area contributed by atoms with Gasteiger partial charge in [-0.15, -0.1) is 0 Å². The molecule has 7 nitrogen and oxygen atoms in total. The highest BCUT2D eigenvalue weighted by molar-refractivity contribution is 5.98. The molecule has 0 radical (unpaired) electrons. The quantitative estimate of drug-likeness (QED) is 0.873. The lowest BCUT2D eigenvalue weighted by Crippen LogP contribution is -2.48. The second-order valence-corrected chi connectivity index (χ2v) is 6.20. The summed E-state index contributed by atoms with van der Waals surface area (Å²) in [5.41, 5.74) is 1.66. The summed E-state index contributed by atoms with van der Waals surface area (Å²) < 4.78 is 0. The van der Waals surface area contributed by atoms with Crippen LogP contribution in [0, 0.1) is 0 Å². The molecular weight excluding hydrogens is 330 g/mol. The van der Waals surface area contributed by atoms with E-state index in [-0.39, 0.29) is 11.8 Å². The predicted octanol–water partition coefficient (Wildman–Crippen LogP) is 1.18. The van der Waals surface area contributed by atoms with Crippen molar-refractivity contribution in [2.45, 2.75) is 13.5 Å². The average molecular weight is 353 g/mol. The number of likely N-dealkylation sites (N-methyl/N-ethyl adjacent to an activating group) is 1. The normalized spacial score (nSPS) is 14.9. The predicted molar refractivity (Wildman–Crippen MR) is 97.7 cm³/mol. The van der Waals surface area contributed by atoms with Gasteiger partial charge < -0.3 is 15.1 Å². The van der Waals surface area contributed by atoms with E-state index < -0.39 is 0 Å². The largest absolute Gasteiger partial charge is 0.348 e. The Morgan fingerprint density at radius 2 is 1.96 bits per heavy atom. The number of piperazine rings is 1.